The number of carbonyl (C=O) groups excluding carboxylic acids is 1. The van der Waals surface area contributed by atoms with Crippen LogP contribution in [0.4, 0.5) is 0 Å². The lowest BCUT2D eigenvalue weighted by Gasteiger charge is -2.06. The van der Waals surface area contributed by atoms with Gasteiger partial charge in [0.1, 0.15) is 5.52 Å². The lowest BCUT2D eigenvalue weighted by molar-refractivity contribution is 0.0956. The Morgan fingerprint density at radius 1 is 1.25 bits per heavy atom. The van der Waals surface area contributed by atoms with Gasteiger partial charge in [-0.15, -0.1) is 16.9 Å². The number of aryl methyl sites for hydroxylation is 1. The Kier molecular flexibility index (Phi) is 5.37. The molecule has 0 bridgehead atoms. The number of carbonyl (C=O) groups is 1. The zero-order valence-electron chi connectivity index (χ0n) is 13.2. The molecular formula is C17H17ClN4OS. The van der Waals surface area contributed by atoms with Crippen LogP contribution in [0.5, 0.6) is 0 Å². The van der Waals surface area contributed by atoms with Gasteiger partial charge >= 0.3 is 0 Å². The first-order valence-corrected chi connectivity index (χ1v) is 9.03. The topological polar surface area (TPSA) is 59.8 Å². The van der Waals surface area contributed by atoms with Crippen LogP contribution >= 0.6 is 23.4 Å². The lowest BCUT2D eigenvalue weighted by Crippen LogP contribution is -2.25. The zero-order chi connectivity index (χ0) is 16.9. The molecule has 0 aliphatic rings. The van der Waals surface area contributed by atoms with Crippen molar-refractivity contribution in [3.8, 4) is 0 Å². The molecule has 1 aromatic heterocycles. The molecule has 0 fully saturated rings. The van der Waals surface area contributed by atoms with E-state index in [0.717, 1.165) is 33.2 Å². The number of halogens is 1. The van der Waals surface area contributed by atoms with Crippen LogP contribution in [-0.4, -0.2) is 33.2 Å². The normalized spacial score (nSPS) is 10.9. The van der Waals surface area contributed by atoms with Crippen molar-refractivity contribution in [1.82, 2.24) is 20.3 Å². The van der Waals surface area contributed by atoms with E-state index in [1.807, 2.05) is 37.3 Å². The number of rotatable bonds is 6. The predicted molar refractivity (Wildman–Crippen MR) is 97.7 cm³/mol. The first-order valence-electron chi connectivity index (χ1n) is 7.67. The predicted octanol–water partition coefficient (Wildman–Crippen LogP) is 3.63. The smallest absolute Gasteiger partial charge is 0.251 e. The molecule has 124 valence electrons. The molecule has 24 heavy (non-hydrogen) atoms. The summed E-state index contributed by atoms with van der Waals surface area (Å²) in [6.07, 6.45) is 0. The fourth-order valence-electron chi connectivity index (χ4n) is 2.31. The summed E-state index contributed by atoms with van der Waals surface area (Å²) in [5.41, 5.74) is 2.27. The van der Waals surface area contributed by atoms with Crippen LogP contribution in [-0.2, 0) is 6.54 Å². The summed E-state index contributed by atoms with van der Waals surface area (Å²) in [5, 5.41) is 11.8. The number of thioether (sulfide) groups is 1. The van der Waals surface area contributed by atoms with E-state index in [-0.39, 0.29) is 5.91 Å². The Bertz CT molecular complexity index is 847. The first-order chi connectivity index (χ1) is 11.7. The van der Waals surface area contributed by atoms with Gasteiger partial charge in [-0.2, -0.15) is 0 Å². The van der Waals surface area contributed by atoms with Crippen molar-refractivity contribution >= 4 is 40.3 Å². The maximum atomic E-state index is 12.2. The van der Waals surface area contributed by atoms with Gasteiger partial charge in [0.15, 0.2) is 0 Å². The Morgan fingerprint density at radius 2 is 2.04 bits per heavy atom. The van der Waals surface area contributed by atoms with Gasteiger partial charge in [0.25, 0.3) is 5.91 Å². The minimum absolute atomic E-state index is 0.0975. The average Bonchev–Trinajstić information content (AvgIpc) is 3.02. The second kappa shape index (κ2) is 7.68. The molecule has 0 unspecified atom stereocenters. The second-order valence-electron chi connectivity index (χ2n) is 5.17. The number of aromatic nitrogens is 3. The third kappa shape index (κ3) is 3.88. The molecule has 1 amide bonds. The molecular weight excluding hydrogens is 344 g/mol. The quantitative estimate of drug-likeness (QED) is 0.538. The standard InChI is InChI=1S/C17H17ClN4OS/c1-2-22-16-8-3-12(11-15(16)20-21-22)17(23)19-9-10-24-14-6-4-13(18)5-7-14/h3-8,11H,2,9-10H2,1H3,(H,19,23). The Hall–Kier alpha value is -2.05. The van der Waals surface area contributed by atoms with Gasteiger partial charge in [0.05, 0.1) is 5.52 Å². The van der Waals surface area contributed by atoms with Crippen molar-refractivity contribution in [3.63, 3.8) is 0 Å². The maximum absolute atomic E-state index is 12.2. The number of amides is 1. The van der Waals surface area contributed by atoms with Gasteiger partial charge in [-0.1, -0.05) is 16.8 Å². The van der Waals surface area contributed by atoms with Crippen molar-refractivity contribution in [3.05, 3.63) is 53.1 Å². The van der Waals surface area contributed by atoms with Crippen LogP contribution in [0.1, 0.15) is 17.3 Å². The number of benzene rings is 2. The summed E-state index contributed by atoms with van der Waals surface area (Å²) in [7, 11) is 0. The minimum Gasteiger partial charge on any atom is -0.351 e. The molecule has 0 radical (unpaired) electrons. The average molecular weight is 361 g/mol. The molecule has 0 aliphatic carbocycles. The third-order valence-corrected chi connectivity index (χ3v) is 4.81. The van der Waals surface area contributed by atoms with Crippen molar-refractivity contribution < 1.29 is 4.79 Å². The van der Waals surface area contributed by atoms with E-state index < -0.39 is 0 Å². The highest BCUT2D eigenvalue weighted by molar-refractivity contribution is 7.99. The Balaban J connectivity index is 1.54. The molecule has 0 aliphatic heterocycles. The molecule has 0 atom stereocenters. The van der Waals surface area contributed by atoms with Crippen LogP contribution < -0.4 is 5.32 Å². The van der Waals surface area contributed by atoms with Crippen molar-refractivity contribution in [2.45, 2.75) is 18.4 Å². The summed E-state index contributed by atoms with van der Waals surface area (Å²) in [4.78, 5) is 13.4. The van der Waals surface area contributed by atoms with Gasteiger partial charge in [-0.05, 0) is 49.4 Å². The van der Waals surface area contributed by atoms with Gasteiger partial charge in [0, 0.05) is 34.3 Å². The van der Waals surface area contributed by atoms with E-state index in [1.165, 1.54) is 0 Å². The summed E-state index contributed by atoms with van der Waals surface area (Å²) in [6, 6.07) is 13.1. The van der Waals surface area contributed by atoms with Gasteiger partial charge in [0.2, 0.25) is 0 Å². The van der Waals surface area contributed by atoms with Crippen LogP contribution in [0, 0.1) is 0 Å². The van der Waals surface area contributed by atoms with E-state index >= 15 is 0 Å². The lowest BCUT2D eigenvalue weighted by atomic mass is 10.2. The number of fused-ring (bicyclic) bond motifs is 1. The van der Waals surface area contributed by atoms with Crippen molar-refractivity contribution in [2.75, 3.05) is 12.3 Å². The monoisotopic (exact) mass is 360 g/mol. The highest BCUT2D eigenvalue weighted by atomic mass is 35.5. The van der Waals surface area contributed by atoms with E-state index in [1.54, 1.807) is 28.6 Å². The van der Waals surface area contributed by atoms with Crippen LogP contribution in [0.2, 0.25) is 5.02 Å². The summed E-state index contributed by atoms with van der Waals surface area (Å²) < 4.78 is 1.81. The molecule has 3 aromatic rings. The molecule has 0 saturated heterocycles. The van der Waals surface area contributed by atoms with Crippen LogP contribution in [0.25, 0.3) is 11.0 Å². The molecule has 1 heterocycles. The highest BCUT2D eigenvalue weighted by Gasteiger charge is 2.09. The number of hydrogen-bond donors (Lipinski definition) is 1. The SMILES string of the molecule is CCn1nnc2cc(C(=O)NCCSc3ccc(Cl)cc3)ccc21. The molecule has 3 rings (SSSR count). The van der Waals surface area contributed by atoms with E-state index in [2.05, 4.69) is 15.6 Å². The zero-order valence-corrected chi connectivity index (χ0v) is 14.8. The molecule has 5 nitrogen and oxygen atoms in total. The Morgan fingerprint density at radius 3 is 2.79 bits per heavy atom. The maximum Gasteiger partial charge on any atom is 0.251 e. The number of hydrogen-bond acceptors (Lipinski definition) is 4. The van der Waals surface area contributed by atoms with Gasteiger partial charge in [-0.3, -0.25) is 4.79 Å². The molecule has 7 heteroatoms. The number of nitrogens with zero attached hydrogens (tertiary/aromatic N) is 3. The molecule has 1 N–H and O–H groups in total. The molecule has 0 spiro atoms. The largest absolute Gasteiger partial charge is 0.351 e. The summed E-state index contributed by atoms with van der Waals surface area (Å²) >= 11 is 7.53. The second-order valence-corrected chi connectivity index (χ2v) is 6.77. The van der Waals surface area contributed by atoms with Crippen molar-refractivity contribution in [1.29, 1.82) is 0 Å². The third-order valence-electron chi connectivity index (χ3n) is 3.55. The van der Waals surface area contributed by atoms with Crippen LogP contribution in [0.15, 0.2) is 47.4 Å². The molecule has 0 saturated carbocycles. The van der Waals surface area contributed by atoms with Gasteiger partial charge in [-0.25, -0.2) is 4.68 Å². The summed E-state index contributed by atoms with van der Waals surface area (Å²) in [6.45, 7) is 3.35. The van der Waals surface area contributed by atoms with Crippen LogP contribution in [0.3, 0.4) is 0 Å². The van der Waals surface area contributed by atoms with E-state index in [4.69, 9.17) is 11.6 Å². The van der Waals surface area contributed by atoms with E-state index in [0.29, 0.717) is 12.1 Å². The van der Waals surface area contributed by atoms with Gasteiger partial charge < -0.3 is 5.32 Å². The fourth-order valence-corrected chi connectivity index (χ4v) is 3.21. The van der Waals surface area contributed by atoms with Crippen molar-refractivity contribution in [2.24, 2.45) is 0 Å². The fraction of sp³-hybridized carbons (Fsp3) is 0.235. The molecule has 2 aromatic carbocycles. The van der Waals surface area contributed by atoms with E-state index in [9.17, 15) is 4.79 Å². The Labute approximate surface area is 149 Å². The summed E-state index contributed by atoms with van der Waals surface area (Å²) in [5.74, 6) is 0.696. The minimum atomic E-state index is -0.0975. The first kappa shape index (κ1) is 16.8. The highest BCUT2D eigenvalue weighted by Crippen LogP contribution is 2.19. The number of nitrogens with one attached hydrogen (secondary N) is 1.